The van der Waals surface area contributed by atoms with E-state index in [4.69, 9.17) is 0 Å². The molecule has 0 aromatic heterocycles. The highest BCUT2D eigenvalue weighted by Gasteiger charge is 2.59. The molecule has 1 saturated heterocycles. The molecule has 0 saturated carbocycles. The van der Waals surface area contributed by atoms with Crippen molar-refractivity contribution in [3.8, 4) is 0 Å². The normalized spacial score (nSPS) is 27.8. The van der Waals surface area contributed by atoms with E-state index in [1.165, 1.54) is 6.07 Å². The van der Waals surface area contributed by atoms with Gasteiger partial charge in [0.1, 0.15) is 0 Å². The first-order valence-electron chi connectivity index (χ1n) is 7.76. The largest absolute Gasteiger partial charge is 0.471 e. The number of allylic oxidation sites excluding steroid dienone is 1. The van der Waals surface area contributed by atoms with E-state index in [1.807, 2.05) is 0 Å². The minimum Gasteiger partial charge on any atom is -0.296 e. The third kappa shape index (κ3) is 2.06. The van der Waals surface area contributed by atoms with Crippen molar-refractivity contribution in [1.29, 1.82) is 0 Å². The number of nitrogens with one attached hydrogen (secondary N) is 1. The van der Waals surface area contributed by atoms with Gasteiger partial charge in [-0.05, 0) is 25.0 Å². The lowest BCUT2D eigenvalue weighted by molar-refractivity contribution is -0.171. The van der Waals surface area contributed by atoms with Gasteiger partial charge in [-0.1, -0.05) is 23.8 Å². The highest BCUT2D eigenvalue weighted by atomic mass is 19.4. The van der Waals surface area contributed by atoms with E-state index in [9.17, 15) is 27.6 Å². The molecular formula is C17H13F3N2O3. The summed E-state index contributed by atoms with van der Waals surface area (Å²) in [5.74, 6) is -4.91. The molecule has 8 heteroatoms. The first-order valence-corrected chi connectivity index (χ1v) is 7.76. The quantitative estimate of drug-likeness (QED) is 0.728. The summed E-state index contributed by atoms with van der Waals surface area (Å²) in [4.78, 5) is 37.1. The summed E-state index contributed by atoms with van der Waals surface area (Å²) in [6, 6.07) is 5.17. The number of hydrogen-bond acceptors (Lipinski definition) is 3. The van der Waals surface area contributed by atoms with E-state index in [1.54, 1.807) is 25.1 Å². The molecule has 1 aliphatic carbocycles. The van der Waals surface area contributed by atoms with E-state index in [0.29, 0.717) is 16.0 Å². The molecule has 0 radical (unpaired) electrons. The van der Waals surface area contributed by atoms with Crippen molar-refractivity contribution in [2.24, 2.45) is 11.8 Å². The third-order valence-electron chi connectivity index (χ3n) is 5.13. The van der Waals surface area contributed by atoms with Crippen molar-refractivity contribution in [3.63, 3.8) is 0 Å². The Kier molecular flexibility index (Phi) is 3.13. The molecule has 1 aromatic carbocycles. The van der Waals surface area contributed by atoms with Crippen LogP contribution in [-0.2, 0) is 14.4 Å². The van der Waals surface area contributed by atoms with Crippen LogP contribution in [0.4, 0.5) is 18.9 Å². The summed E-state index contributed by atoms with van der Waals surface area (Å²) in [6.07, 6.45) is -4.79. The highest BCUT2D eigenvalue weighted by Crippen LogP contribution is 2.52. The van der Waals surface area contributed by atoms with E-state index < -0.39 is 41.8 Å². The van der Waals surface area contributed by atoms with Gasteiger partial charge in [-0.2, -0.15) is 13.2 Å². The van der Waals surface area contributed by atoms with E-state index in [2.05, 4.69) is 5.32 Å². The van der Waals surface area contributed by atoms with Gasteiger partial charge in [0.05, 0.1) is 23.6 Å². The number of halogens is 3. The maximum Gasteiger partial charge on any atom is 0.471 e. The Morgan fingerprint density at radius 2 is 1.88 bits per heavy atom. The maximum atomic E-state index is 13.2. The average molecular weight is 350 g/mol. The number of carbonyl (C=O) groups is 3. The summed E-state index contributed by atoms with van der Waals surface area (Å²) >= 11 is 0. The maximum absolute atomic E-state index is 13.2. The number of carbonyl (C=O) groups excluding carboxylic acids is 3. The lowest BCUT2D eigenvalue weighted by Crippen LogP contribution is -2.51. The SMILES string of the molecule is CC1=C2c3ccccc3N(C(=O)C(F)(F)F)C2[C@H]2C(=O)NC(=O)[C@H]2C1. The van der Waals surface area contributed by atoms with Crippen LogP contribution in [0, 0.1) is 11.8 Å². The summed E-state index contributed by atoms with van der Waals surface area (Å²) < 4.78 is 39.6. The van der Waals surface area contributed by atoms with Crippen molar-refractivity contribution in [2.75, 3.05) is 4.90 Å². The van der Waals surface area contributed by atoms with Crippen LogP contribution in [0.3, 0.4) is 0 Å². The molecule has 0 bridgehead atoms. The van der Waals surface area contributed by atoms with Gasteiger partial charge in [-0.3, -0.25) is 24.6 Å². The number of fused-ring (bicyclic) bond motifs is 5. The van der Waals surface area contributed by atoms with Crippen LogP contribution in [-0.4, -0.2) is 29.9 Å². The van der Waals surface area contributed by atoms with Crippen LogP contribution in [0.1, 0.15) is 18.9 Å². The Balaban J connectivity index is 1.95. The van der Waals surface area contributed by atoms with Gasteiger partial charge in [0.25, 0.3) is 0 Å². The molecule has 25 heavy (non-hydrogen) atoms. The molecule has 2 aliphatic heterocycles. The molecule has 3 atom stereocenters. The van der Waals surface area contributed by atoms with Crippen molar-refractivity contribution >= 4 is 29.0 Å². The number of rotatable bonds is 0. The molecule has 3 amide bonds. The highest BCUT2D eigenvalue weighted by molar-refractivity contribution is 6.13. The number of alkyl halides is 3. The molecule has 5 nitrogen and oxygen atoms in total. The van der Waals surface area contributed by atoms with Crippen molar-refractivity contribution in [1.82, 2.24) is 5.32 Å². The molecule has 1 aromatic rings. The Hall–Kier alpha value is -2.64. The molecule has 130 valence electrons. The van der Waals surface area contributed by atoms with Crippen LogP contribution in [0.2, 0.25) is 0 Å². The standard InChI is InChI=1S/C17H13F3N2O3/c1-7-6-9-12(15(24)21-14(9)23)13-11(7)8-4-2-3-5-10(8)22(13)16(25)17(18,19)20/h2-5,9,12-13H,6H2,1H3,(H,21,23,24)/t9-,12-,13?/m0/s1. The number of benzene rings is 1. The molecular weight excluding hydrogens is 337 g/mol. The van der Waals surface area contributed by atoms with Crippen LogP contribution < -0.4 is 10.2 Å². The minimum absolute atomic E-state index is 0.122. The topological polar surface area (TPSA) is 66.5 Å². The predicted octanol–water partition coefficient (Wildman–Crippen LogP) is 2.03. The monoisotopic (exact) mass is 350 g/mol. The number of imide groups is 1. The predicted molar refractivity (Wildman–Crippen MR) is 81.1 cm³/mol. The van der Waals surface area contributed by atoms with Crippen molar-refractivity contribution in [2.45, 2.75) is 25.6 Å². The third-order valence-corrected chi connectivity index (χ3v) is 5.13. The van der Waals surface area contributed by atoms with E-state index in [-0.39, 0.29) is 12.1 Å². The molecule has 2 heterocycles. The fourth-order valence-electron chi connectivity index (χ4n) is 4.21. The first-order chi connectivity index (χ1) is 11.7. The smallest absolute Gasteiger partial charge is 0.296 e. The van der Waals surface area contributed by atoms with Gasteiger partial charge < -0.3 is 0 Å². The first kappa shape index (κ1) is 15.9. The summed E-state index contributed by atoms with van der Waals surface area (Å²) in [5.41, 5.74) is 1.89. The van der Waals surface area contributed by atoms with E-state index in [0.717, 1.165) is 5.57 Å². The van der Waals surface area contributed by atoms with Crippen molar-refractivity contribution in [3.05, 3.63) is 35.4 Å². The zero-order valence-electron chi connectivity index (χ0n) is 13.1. The summed E-state index contributed by atoms with van der Waals surface area (Å²) in [5, 5.41) is 2.19. The molecule has 1 fully saturated rings. The molecule has 4 rings (SSSR count). The van der Waals surface area contributed by atoms with Crippen LogP contribution in [0.5, 0.6) is 0 Å². The van der Waals surface area contributed by atoms with Gasteiger partial charge in [-0.25, -0.2) is 0 Å². The van der Waals surface area contributed by atoms with Gasteiger partial charge in [-0.15, -0.1) is 0 Å². The number of anilines is 1. The zero-order chi connectivity index (χ0) is 18.1. The Bertz CT molecular complexity index is 859. The van der Waals surface area contributed by atoms with Crippen molar-refractivity contribution < 1.29 is 27.6 Å². The fraction of sp³-hybridized carbons (Fsp3) is 0.353. The van der Waals surface area contributed by atoms with Crippen LogP contribution in [0.15, 0.2) is 29.8 Å². The van der Waals surface area contributed by atoms with Crippen LogP contribution in [0.25, 0.3) is 5.57 Å². The lowest BCUT2D eigenvalue weighted by atomic mass is 9.73. The number of para-hydroxylation sites is 1. The molecule has 0 spiro atoms. The number of nitrogens with zero attached hydrogens (tertiary/aromatic N) is 1. The number of amides is 3. The zero-order valence-corrected chi connectivity index (χ0v) is 13.1. The van der Waals surface area contributed by atoms with Gasteiger partial charge >= 0.3 is 12.1 Å². The van der Waals surface area contributed by atoms with E-state index >= 15 is 0 Å². The molecule has 1 N–H and O–H groups in total. The van der Waals surface area contributed by atoms with Gasteiger partial charge in [0, 0.05) is 5.56 Å². The molecule has 1 unspecified atom stereocenters. The lowest BCUT2D eigenvalue weighted by Gasteiger charge is -2.35. The van der Waals surface area contributed by atoms with Gasteiger partial charge in [0.15, 0.2) is 0 Å². The van der Waals surface area contributed by atoms with Crippen LogP contribution >= 0.6 is 0 Å². The summed E-state index contributed by atoms with van der Waals surface area (Å²) in [7, 11) is 0. The Morgan fingerprint density at radius 1 is 1.20 bits per heavy atom. The minimum atomic E-state index is -5.08. The second-order valence-electron chi connectivity index (χ2n) is 6.52. The second-order valence-corrected chi connectivity index (χ2v) is 6.52. The Morgan fingerprint density at radius 3 is 2.56 bits per heavy atom. The average Bonchev–Trinajstić information content (AvgIpc) is 3.01. The number of hydrogen-bond donors (Lipinski definition) is 1. The second kappa shape index (κ2) is 4.93. The van der Waals surface area contributed by atoms with Gasteiger partial charge in [0.2, 0.25) is 11.8 Å². The Labute approximate surface area is 140 Å². The summed E-state index contributed by atoms with van der Waals surface area (Å²) in [6.45, 7) is 1.73. The fourth-order valence-corrected chi connectivity index (χ4v) is 4.21. The molecule has 3 aliphatic rings.